The van der Waals surface area contributed by atoms with Crippen molar-refractivity contribution in [3.8, 4) is 0 Å². The molecule has 2 aromatic heterocycles. The first-order chi connectivity index (χ1) is 9.25. The molecule has 3 rings (SSSR count). The Morgan fingerprint density at radius 2 is 2.47 bits per heavy atom. The summed E-state index contributed by atoms with van der Waals surface area (Å²) in [5.41, 5.74) is 0. The lowest BCUT2D eigenvalue weighted by Gasteiger charge is -2.35. The fraction of sp³-hybridized carbons (Fsp3) is 0.417. The van der Waals surface area contributed by atoms with E-state index in [0.29, 0.717) is 19.8 Å². The zero-order valence-corrected chi connectivity index (χ0v) is 11.0. The summed E-state index contributed by atoms with van der Waals surface area (Å²) in [5.74, 6) is -0.0167. The largest absolute Gasteiger partial charge is 0.481 e. The standard InChI is InChI=1S/C12H13N3O3S/c16-10(17)5-8-6-18-3-2-15(8)11-9-1-4-19-12(9)14-7-13-11/h1,4,7-8H,2-3,5-6H2,(H,16,17). The molecule has 6 nitrogen and oxygen atoms in total. The van der Waals surface area contributed by atoms with Crippen LogP contribution in [0.25, 0.3) is 10.2 Å². The molecule has 1 aliphatic rings. The number of carboxylic acid groups (broad SMARTS) is 1. The van der Waals surface area contributed by atoms with Crippen LogP contribution < -0.4 is 4.90 Å². The van der Waals surface area contributed by atoms with Gasteiger partial charge in [-0.1, -0.05) is 0 Å². The molecule has 7 heteroatoms. The van der Waals surface area contributed by atoms with Crippen LogP contribution in [0.2, 0.25) is 0 Å². The minimum atomic E-state index is -0.823. The minimum Gasteiger partial charge on any atom is -0.481 e. The quantitative estimate of drug-likeness (QED) is 0.914. The second kappa shape index (κ2) is 5.10. The van der Waals surface area contributed by atoms with E-state index in [4.69, 9.17) is 9.84 Å². The smallest absolute Gasteiger partial charge is 0.305 e. The summed E-state index contributed by atoms with van der Waals surface area (Å²) in [7, 11) is 0. The molecule has 100 valence electrons. The van der Waals surface area contributed by atoms with Gasteiger partial charge in [0.25, 0.3) is 0 Å². The molecule has 0 amide bonds. The third-order valence-electron chi connectivity index (χ3n) is 3.15. The third-order valence-corrected chi connectivity index (χ3v) is 3.97. The summed E-state index contributed by atoms with van der Waals surface area (Å²) in [5, 5.41) is 11.9. The maximum absolute atomic E-state index is 10.9. The summed E-state index contributed by atoms with van der Waals surface area (Å²) in [6.07, 6.45) is 1.58. The summed E-state index contributed by atoms with van der Waals surface area (Å²) in [4.78, 5) is 22.4. The number of fused-ring (bicyclic) bond motifs is 1. The van der Waals surface area contributed by atoms with Crippen LogP contribution in [0, 0.1) is 0 Å². The van der Waals surface area contributed by atoms with Crippen molar-refractivity contribution in [2.45, 2.75) is 12.5 Å². The number of nitrogens with zero attached hydrogens (tertiary/aromatic N) is 3. The summed E-state index contributed by atoms with van der Waals surface area (Å²) in [6, 6.07) is 1.80. The van der Waals surface area contributed by atoms with E-state index in [-0.39, 0.29) is 12.5 Å². The van der Waals surface area contributed by atoms with E-state index in [0.717, 1.165) is 16.0 Å². The number of thiophene rings is 1. The highest BCUT2D eigenvalue weighted by Gasteiger charge is 2.27. The number of morpholine rings is 1. The maximum atomic E-state index is 10.9. The van der Waals surface area contributed by atoms with Gasteiger partial charge in [-0.25, -0.2) is 9.97 Å². The first-order valence-corrected chi connectivity index (χ1v) is 6.88. The molecule has 1 atom stereocenters. The highest BCUT2D eigenvalue weighted by molar-refractivity contribution is 7.16. The molecular formula is C12H13N3O3S. The topological polar surface area (TPSA) is 75.6 Å². The predicted octanol–water partition coefficient (Wildman–Crippen LogP) is 1.37. The number of carboxylic acids is 1. The molecule has 2 aromatic rings. The van der Waals surface area contributed by atoms with Gasteiger partial charge in [0.2, 0.25) is 0 Å². The summed E-state index contributed by atoms with van der Waals surface area (Å²) >= 11 is 1.56. The Labute approximate surface area is 113 Å². The van der Waals surface area contributed by atoms with E-state index in [1.807, 2.05) is 16.3 Å². The van der Waals surface area contributed by atoms with Crippen LogP contribution in [0.5, 0.6) is 0 Å². The van der Waals surface area contributed by atoms with Crippen LogP contribution >= 0.6 is 11.3 Å². The average Bonchev–Trinajstić information content (AvgIpc) is 2.87. The lowest BCUT2D eigenvalue weighted by molar-refractivity contribution is -0.138. The Kier molecular flexibility index (Phi) is 3.31. The fourth-order valence-corrected chi connectivity index (χ4v) is 3.04. The maximum Gasteiger partial charge on any atom is 0.305 e. The van der Waals surface area contributed by atoms with E-state index < -0.39 is 5.97 Å². The number of hydrogen-bond donors (Lipinski definition) is 1. The molecule has 0 saturated carbocycles. The van der Waals surface area contributed by atoms with Gasteiger partial charge in [0, 0.05) is 6.54 Å². The van der Waals surface area contributed by atoms with E-state index in [1.165, 1.54) is 6.33 Å². The molecule has 0 bridgehead atoms. The lowest BCUT2D eigenvalue weighted by atomic mass is 10.1. The number of ether oxygens (including phenoxy) is 1. The SMILES string of the molecule is O=C(O)CC1COCCN1c1ncnc2sccc12. The van der Waals surface area contributed by atoms with Crippen molar-refractivity contribution in [1.29, 1.82) is 0 Å². The van der Waals surface area contributed by atoms with Gasteiger partial charge in [-0.05, 0) is 11.4 Å². The Bertz CT molecular complexity index is 601. The van der Waals surface area contributed by atoms with Crippen LogP contribution in [-0.4, -0.2) is 46.8 Å². The molecule has 1 aliphatic heterocycles. The van der Waals surface area contributed by atoms with Gasteiger partial charge >= 0.3 is 5.97 Å². The summed E-state index contributed by atoms with van der Waals surface area (Å²) in [6.45, 7) is 1.66. The molecule has 0 aliphatic carbocycles. The van der Waals surface area contributed by atoms with Crippen molar-refractivity contribution < 1.29 is 14.6 Å². The van der Waals surface area contributed by atoms with Crippen LogP contribution in [0.15, 0.2) is 17.8 Å². The van der Waals surface area contributed by atoms with Gasteiger partial charge in [0.05, 0.1) is 31.1 Å². The molecule has 0 aromatic carbocycles. The number of hydrogen-bond acceptors (Lipinski definition) is 6. The van der Waals surface area contributed by atoms with E-state index in [1.54, 1.807) is 11.3 Å². The highest BCUT2D eigenvalue weighted by Crippen LogP contribution is 2.29. The van der Waals surface area contributed by atoms with Crippen molar-refractivity contribution in [1.82, 2.24) is 9.97 Å². The molecular weight excluding hydrogens is 266 g/mol. The van der Waals surface area contributed by atoms with Gasteiger partial charge in [0.1, 0.15) is 17.0 Å². The van der Waals surface area contributed by atoms with Crippen molar-refractivity contribution in [2.24, 2.45) is 0 Å². The normalized spacial score (nSPS) is 19.8. The number of aliphatic carboxylic acids is 1. The lowest BCUT2D eigenvalue weighted by Crippen LogP contribution is -2.47. The Hall–Kier alpha value is -1.73. The van der Waals surface area contributed by atoms with Crippen LogP contribution in [-0.2, 0) is 9.53 Å². The zero-order valence-electron chi connectivity index (χ0n) is 10.2. The highest BCUT2D eigenvalue weighted by atomic mass is 32.1. The molecule has 1 N–H and O–H groups in total. The number of carbonyl (C=O) groups is 1. The Morgan fingerprint density at radius 1 is 1.58 bits per heavy atom. The first-order valence-electron chi connectivity index (χ1n) is 6.00. The molecule has 0 spiro atoms. The molecule has 0 radical (unpaired) electrons. The van der Waals surface area contributed by atoms with Gasteiger partial charge < -0.3 is 14.7 Å². The molecule has 1 saturated heterocycles. The van der Waals surface area contributed by atoms with Crippen LogP contribution in [0.3, 0.4) is 0 Å². The van der Waals surface area contributed by atoms with Crippen molar-refractivity contribution in [2.75, 3.05) is 24.7 Å². The first kappa shape index (κ1) is 12.3. The van der Waals surface area contributed by atoms with Crippen molar-refractivity contribution in [3.63, 3.8) is 0 Å². The number of rotatable bonds is 3. The molecule has 3 heterocycles. The van der Waals surface area contributed by atoms with Gasteiger partial charge in [-0.3, -0.25) is 4.79 Å². The molecule has 19 heavy (non-hydrogen) atoms. The average molecular weight is 279 g/mol. The van der Waals surface area contributed by atoms with E-state index >= 15 is 0 Å². The monoisotopic (exact) mass is 279 g/mol. The number of anilines is 1. The minimum absolute atomic E-state index is 0.0512. The van der Waals surface area contributed by atoms with Crippen molar-refractivity contribution in [3.05, 3.63) is 17.8 Å². The predicted molar refractivity (Wildman–Crippen MR) is 71.6 cm³/mol. The number of aromatic nitrogens is 2. The second-order valence-corrected chi connectivity index (χ2v) is 5.25. The van der Waals surface area contributed by atoms with Crippen LogP contribution in [0.4, 0.5) is 5.82 Å². The Balaban J connectivity index is 1.97. The Morgan fingerprint density at radius 3 is 3.32 bits per heavy atom. The van der Waals surface area contributed by atoms with Gasteiger partial charge in [-0.15, -0.1) is 11.3 Å². The van der Waals surface area contributed by atoms with E-state index in [9.17, 15) is 4.79 Å². The second-order valence-electron chi connectivity index (χ2n) is 4.36. The van der Waals surface area contributed by atoms with Gasteiger partial charge in [0.15, 0.2) is 0 Å². The van der Waals surface area contributed by atoms with Crippen LogP contribution in [0.1, 0.15) is 6.42 Å². The molecule has 1 fully saturated rings. The van der Waals surface area contributed by atoms with Crippen molar-refractivity contribution >= 4 is 33.3 Å². The van der Waals surface area contributed by atoms with Gasteiger partial charge in [-0.2, -0.15) is 0 Å². The molecule has 1 unspecified atom stereocenters. The fourth-order valence-electron chi connectivity index (χ4n) is 2.31. The summed E-state index contributed by atoms with van der Waals surface area (Å²) < 4.78 is 5.38. The zero-order chi connectivity index (χ0) is 13.2. The van der Waals surface area contributed by atoms with E-state index in [2.05, 4.69) is 9.97 Å². The third kappa shape index (κ3) is 2.39.